The van der Waals surface area contributed by atoms with Gasteiger partial charge in [0.2, 0.25) is 5.88 Å². The minimum absolute atomic E-state index is 0.0471. The van der Waals surface area contributed by atoms with Gasteiger partial charge in [0, 0.05) is 12.2 Å². The van der Waals surface area contributed by atoms with Gasteiger partial charge in [-0.1, -0.05) is 6.07 Å². The fourth-order valence-electron chi connectivity index (χ4n) is 3.57. The van der Waals surface area contributed by atoms with Crippen LogP contribution in [0.15, 0.2) is 53.0 Å². The Morgan fingerprint density at radius 1 is 1.32 bits per heavy atom. The number of hydrogen-bond acceptors (Lipinski definition) is 7. The molecule has 1 amide bonds. The maximum atomic E-state index is 13.3. The van der Waals surface area contributed by atoms with Gasteiger partial charge < -0.3 is 10.1 Å². The summed E-state index contributed by atoms with van der Waals surface area (Å²) in [6.07, 6.45) is 2.79. The van der Waals surface area contributed by atoms with Crippen LogP contribution in [0.1, 0.15) is 17.5 Å². The Morgan fingerprint density at radius 2 is 2.06 bits per heavy atom. The van der Waals surface area contributed by atoms with Crippen LogP contribution < -0.4 is 15.6 Å². The van der Waals surface area contributed by atoms with Crippen molar-refractivity contribution in [3.8, 4) is 17.7 Å². The van der Waals surface area contributed by atoms with Crippen molar-refractivity contribution in [3.63, 3.8) is 0 Å². The number of carbonyl (C=O) groups is 1. The van der Waals surface area contributed by atoms with E-state index < -0.39 is 38.7 Å². The molecule has 2 aromatic heterocycles. The molecule has 3 aromatic rings. The van der Waals surface area contributed by atoms with Gasteiger partial charge in [-0.15, -0.1) is 0 Å². The van der Waals surface area contributed by atoms with Crippen LogP contribution in [-0.4, -0.2) is 41.3 Å². The first-order valence-electron chi connectivity index (χ1n) is 10.3. The molecule has 0 bridgehead atoms. The Hall–Kier alpha value is -4.04. The van der Waals surface area contributed by atoms with Crippen molar-refractivity contribution in [3.05, 3.63) is 75.5 Å². The van der Waals surface area contributed by atoms with E-state index in [9.17, 15) is 27.7 Å². The number of amides is 1. The molecular formula is C23H19FN4O5S. The van der Waals surface area contributed by atoms with E-state index in [1.165, 1.54) is 34.9 Å². The fourth-order valence-corrected chi connectivity index (χ4v) is 5.25. The molecule has 4 rings (SSSR count). The molecule has 1 aliphatic heterocycles. The first-order valence-corrected chi connectivity index (χ1v) is 12.1. The first kappa shape index (κ1) is 23.1. The molecule has 3 heterocycles. The molecule has 1 aliphatic rings. The Bertz CT molecular complexity index is 1520. The van der Waals surface area contributed by atoms with Gasteiger partial charge in [-0.2, -0.15) is 10.2 Å². The quantitative estimate of drug-likeness (QED) is 0.435. The van der Waals surface area contributed by atoms with E-state index >= 15 is 0 Å². The number of pyridine rings is 1. The van der Waals surface area contributed by atoms with Gasteiger partial charge in [0.15, 0.2) is 9.84 Å². The van der Waals surface area contributed by atoms with Crippen LogP contribution in [0.4, 0.5) is 4.39 Å². The third-order valence-electron chi connectivity index (χ3n) is 5.30. The van der Waals surface area contributed by atoms with Crippen LogP contribution in [-0.2, 0) is 14.6 Å². The van der Waals surface area contributed by atoms with E-state index in [0.29, 0.717) is 11.2 Å². The van der Waals surface area contributed by atoms with E-state index in [1.807, 2.05) is 0 Å². The van der Waals surface area contributed by atoms with Crippen LogP contribution in [0, 0.1) is 24.1 Å². The minimum atomic E-state index is -3.24. The summed E-state index contributed by atoms with van der Waals surface area (Å²) in [5.74, 6) is -1.53. The van der Waals surface area contributed by atoms with Crippen molar-refractivity contribution in [1.29, 1.82) is 5.26 Å². The number of nitriles is 1. The van der Waals surface area contributed by atoms with Gasteiger partial charge in [-0.25, -0.2) is 12.8 Å². The van der Waals surface area contributed by atoms with Crippen molar-refractivity contribution >= 4 is 27.5 Å². The zero-order chi connectivity index (χ0) is 24.5. The molecule has 1 unspecified atom stereocenters. The topological polar surface area (TPSA) is 131 Å². The third-order valence-corrected chi connectivity index (χ3v) is 7.07. The summed E-state index contributed by atoms with van der Waals surface area (Å²) in [6.45, 7) is 1.75. The number of rotatable bonds is 5. The molecule has 1 N–H and O–H groups in total. The van der Waals surface area contributed by atoms with E-state index in [2.05, 4.69) is 10.3 Å². The summed E-state index contributed by atoms with van der Waals surface area (Å²) >= 11 is 0. The lowest BCUT2D eigenvalue weighted by Gasteiger charge is -2.12. The highest BCUT2D eigenvalue weighted by Crippen LogP contribution is 2.25. The second-order valence-corrected chi connectivity index (χ2v) is 10.0. The molecule has 0 radical (unpaired) electrons. The number of benzene rings is 1. The average Bonchev–Trinajstić information content (AvgIpc) is 3.14. The molecule has 1 atom stereocenters. The molecule has 0 spiro atoms. The van der Waals surface area contributed by atoms with E-state index in [1.54, 1.807) is 25.1 Å². The summed E-state index contributed by atoms with van der Waals surface area (Å²) in [5.41, 5.74) is -0.187. The van der Waals surface area contributed by atoms with E-state index in [0.717, 1.165) is 6.08 Å². The van der Waals surface area contributed by atoms with E-state index in [4.69, 9.17) is 4.74 Å². The van der Waals surface area contributed by atoms with Crippen molar-refractivity contribution in [2.45, 2.75) is 19.4 Å². The smallest absolute Gasteiger partial charge is 0.269 e. The summed E-state index contributed by atoms with van der Waals surface area (Å²) in [5, 5.41) is 12.1. The standard InChI is InChI=1S/C23H19FN4O5S/c1-14-3-2-9-28-20(14)27-22(33-18-6-4-16(24)5-7-18)19(23(28)30)11-15(12-25)21(29)26-17-8-10-34(31,32)13-17/h2-7,9,11,17H,8,10,13H2,1H3,(H,26,29)/b15-11+. The maximum absolute atomic E-state index is 13.3. The molecule has 1 fully saturated rings. The van der Waals surface area contributed by atoms with Crippen LogP contribution >= 0.6 is 0 Å². The van der Waals surface area contributed by atoms with E-state index in [-0.39, 0.29) is 35.1 Å². The van der Waals surface area contributed by atoms with Gasteiger partial charge in [-0.05, 0) is 55.3 Å². The number of nitrogens with zero attached hydrogens (tertiary/aromatic N) is 3. The van der Waals surface area contributed by atoms with Crippen LogP contribution in [0.25, 0.3) is 11.7 Å². The lowest BCUT2D eigenvalue weighted by Crippen LogP contribution is -2.36. The number of fused-ring (bicyclic) bond motifs is 1. The van der Waals surface area contributed by atoms with Crippen molar-refractivity contribution < 1.29 is 22.3 Å². The molecule has 34 heavy (non-hydrogen) atoms. The normalized spacial score (nSPS) is 17.3. The van der Waals surface area contributed by atoms with Gasteiger partial charge in [0.25, 0.3) is 11.5 Å². The zero-order valence-electron chi connectivity index (χ0n) is 18.0. The molecule has 174 valence electrons. The fraction of sp³-hybridized carbons (Fsp3) is 0.217. The average molecular weight is 482 g/mol. The maximum Gasteiger partial charge on any atom is 0.269 e. The summed E-state index contributed by atoms with van der Waals surface area (Å²) < 4.78 is 43.6. The monoisotopic (exact) mass is 482 g/mol. The third kappa shape index (κ3) is 4.82. The molecule has 0 saturated carbocycles. The molecule has 9 nitrogen and oxygen atoms in total. The Balaban J connectivity index is 1.78. The number of ether oxygens (including phenoxy) is 1. The highest BCUT2D eigenvalue weighted by Gasteiger charge is 2.30. The number of halogens is 1. The number of carbonyl (C=O) groups excluding carboxylic acids is 1. The molecule has 1 aromatic carbocycles. The Kier molecular flexibility index (Phi) is 6.17. The van der Waals surface area contributed by atoms with Gasteiger partial charge in [0.1, 0.15) is 34.4 Å². The Labute approximate surface area is 194 Å². The lowest BCUT2D eigenvalue weighted by molar-refractivity contribution is -0.117. The molecule has 0 aliphatic carbocycles. The van der Waals surface area contributed by atoms with Crippen LogP contribution in [0.3, 0.4) is 0 Å². The number of aromatic nitrogens is 2. The zero-order valence-corrected chi connectivity index (χ0v) is 18.8. The number of sulfone groups is 1. The summed E-state index contributed by atoms with van der Waals surface area (Å²) in [7, 11) is -3.24. The largest absolute Gasteiger partial charge is 0.438 e. The minimum Gasteiger partial charge on any atom is -0.438 e. The lowest BCUT2D eigenvalue weighted by atomic mass is 10.1. The van der Waals surface area contributed by atoms with Crippen molar-refractivity contribution in [2.75, 3.05) is 11.5 Å². The predicted octanol–water partition coefficient (Wildman–Crippen LogP) is 2.14. The SMILES string of the molecule is Cc1cccn2c(=O)c(/C=C(\C#N)C(=O)NC3CCS(=O)(=O)C3)c(Oc3ccc(F)cc3)nc12. The predicted molar refractivity (Wildman–Crippen MR) is 121 cm³/mol. The number of nitrogens with one attached hydrogen (secondary N) is 1. The second kappa shape index (κ2) is 9.07. The van der Waals surface area contributed by atoms with Gasteiger partial charge >= 0.3 is 0 Å². The molecule has 1 saturated heterocycles. The second-order valence-electron chi connectivity index (χ2n) is 7.82. The molecular weight excluding hydrogens is 463 g/mol. The summed E-state index contributed by atoms with van der Waals surface area (Å²) in [4.78, 5) is 30.3. The highest BCUT2D eigenvalue weighted by atomic mass is 32.2. The van der Waals surface area contributed by atoms with Crippen molar-refractivity contribution in [1.82, 2.24) is 14.7 Å². The first-order chi connectivity index (χ1) is 16.2. The highest BCUT2D eigenvalue weighted by molar-refractivity contribution is 7.91. The van der Waals surface area contributed by atoms with Crippen molar-refractivity contribution in [2.24, 2.45) is 0 Å². The summed E-state index contributed by atoms with van der Waals surface area (Å²) in [6, 6.07) is 9.58. The van der Waals surface area contributed by atoms with Crippen LogP contribution in [0.5, 0.6) is 11.6 Å². The number of hydrogen-bond donors (Lipinski definition) is 1. The van der Waals surface area contributed by atoms with Gasteiger partial charge in [0.05, 0.1) is 11.5 Å². The molecule has 11 heteroatoms. The van der Waals surface area contributed by atoms with Crippen LogP contribution in [0.2, 0.25) is 0 Å². The Morgan fingerprint density at radius 3 is 2.71 bits per heavy atom. The number of aryl methyl sites for hydroxylation is 1. The van der Waals surface area contributed by atoms with Gasteiger partial charge in [-0.3, -0.25) is 14.0 Å².